The zero-order chi connectivity index (χ0) is 18.4. The lowest BCUT2D eigenvalue weighted by atomic mass is 10.1. The van der Waals surface area contributed by atoms with Gasteiger partial charge in [0.1, 0.15) is 17.6 Å². The molecule has 4 rings (SSSR count). The molecule has 3 aromatic rings. The maximum Gasteiger partial charge on any atom is 0.306 e. The van der Waals surface area contributed by atoms with Gasteiger partial charge >= 0.3 is 5.97 Å². The molecule has 8 nitrogen and oxygen atoms in total. The van der Waals surface area contributed by atoms with Crippen molar-refractivity contribution in [2.45, 2.75) is 19.4 Å². The van der Waals surface area contributed by atoms with Crippen molar-refractivity contribution in [3.8, 4) is 5.69 Å². The molecule has 0 radical (unpaired) electrons. The van der Waals surface area contributed by atoms with E-state index in [4.69, 9.17) is 16.6 Å². The van der Waals surface area contributed by atoms with Crippen molar-refractivity contribution in [1.82, 2.24) is 24.5 Å². The number of carbonyl (C=O) groups is 1. The lowest BCUT2D eigenvalue weighted by molar-refractivity contribution is -0.137. The summed E-state index contributed by atoms with van der Waals surface area (Å²) in [5, 5.41) is 22.6. The molecule has 0 saturated heterocycles. The first-order valence-corrected chi connectivity index (χ1v) is 8.33. The molecule has 3 heterocycles. The quantitative estimate of drug-likeness (QED) is 0.763. The Bertz CT molecular complexity index is 1030. The number of rotatable bonds is 3. The van der Waals surface area contributed by atoms with Crippen molar-refractivity contribution in [2.75, 3.05) is 0 Å². The number of hydrogen-bond donors (Lipinski definition) is 1. The second kappa shape index (κ2) is 6.06. The van der Waals surface area contributed by atoms with Crippen LogP contribution in [0.2, 0.25) is 5.02 Å². The van der Waals surface area contributed by atoms with Crippen LogP contribution in [-0.2, 0) is 11.8 Å². The Balaban J connectivity index is 2.00. The molecule has 0 amide bonds. The summed E-state index contributed by atoms with van der Waals surface area (Å²) >= 11 is 6.01. The Morgan fingerprint density at radius 2 is 2.00 bits per heavy atom. The van der Waals surface area contributed by atoms with Gasteiger partial charge in [-0.1, -0.05) is 23.7 Å². The third-order valence-electron chi connectivity index (χ3n) is 4.30. The Morgan fingerprint density at radius 3 is 2.69 bits per heavy atom. The Labute approximate surface area is 153 Å². The van der Waals surface area contributed by atoms with Gasteiger partial charge < -0.3 is 5.11 Å². The summed E-state index contributed by atoms with van der Waals surface area (Å²) in [5.41, 5.74) is 3.01. The number of fused-ring (bicyclic) bond motifs is 3. The molecule has 0 saturated carbocycles. The molecule has 132 valence electrons. The van der Waals surface area contributed by atoms with E-state index in [9.17, 15) is 9.90 Å². The van der Waals surface area contributed by atoms with Crippen molar-refractivity contribution in [3.05, 3.63) is 58.4 Å². The maximum atomic E-state index is 11.4. The van der Waals surface area contributed by atoms with Crippen LogP contribution in [0, 0.1) is 6.92 Å². The lowest BCUT2D eigenvalue weighted by Crippen LogP contribution is -2.12. The highest BCUT2D eigenvalue weighted by atomic mass is 35.5. The average Bonchev–Trinajstić information content (AvgIpc) is 3.11. The molecular formula is C17H15ClN6O2. The number of hydrogen-bond acceptors (Lipinski definition) is 5. The molecule has 9 heteroatoms. The number of aryl methyl sites for hydroxylation is 2. The van der Waals surface area contributed by atoms with Gasteiger partial charge in [0.05, 0.1) is 24.0 Å². The van der Waals surface area contributed by atoms with Crippen LogP contribution in [0.15, 0.2) is 35.5 Å². The number of carboxylic acid groups (broad SMARTS) is 1. The van der Waals surface area contributed by atoms with Crippen LogP contribution in [0.5, 0.6) is 0 Å². The zero-order valence-corrected chi connectivity index (χ0v) is 14.8. The molecule has 0 spiro atoms. The first-order chi connectivity index (χ1) is 12.5. The fourth-order valence-electron chi connectivity index (χ4n) is 3.15. The molecule has 2 aromatic heterocycles. The third kappa shape index (κ3) is 2.59. The first-order valence-electron chi connectivity index (χ1n) is 7.96. The molecule has 1 atom stereocenters. The summed E-state index contributed by atoms with van der Waals surface area (Å²) in [7, 11) is 1.82. The third-order valence-corrected chi connectivity index (χ3v) is 4.56. The highest BCUT2D eigenvalue weighted by Gasteiger charge is 2.31. The number of carboxylic acids is 1. The van der Waals surface area contributed by atoms with Crippen molar-refractivity contribution in [3.63, 3.8) is 0 Å². The number of benzene rings is 1. The smallest absolute Gasteiger partial charge is 0.306 e. The van der Waals surface area contributed by atoms with Crippen LogP contribution < -0.4 is 0 Å². The number of aromatic nitrogens is 5. The fraction of sp³-hybridized carbons (Fsp3) is 0.235. The van der Waals surface area contributed by atoms with Crippen molar-refractivity contribution < 1.29 is 9.90 Å². The van der Waals surface area contributed by atoms with E-state index in [1.807, 2.05) is 30.7 Å². The molecule has 1 aliphatic rings. The Morgan fingerprint density at radius 1 is 1.27 bits per heavy atom. The topological polar surface area (TPSA) is 98.2 Å². The van der Waals surface area contributed by atoms with Gasteiger partial charge in [-0.3, -0.25) is 19.0 Å². The fourth-order valence-corrected chi connectivity index (χ4v) is 3.28. The molecule has 0 aliphatic carbocycles. The van der Waals surface area contributed by atoms with Crippen molar-refractivity contribution in [1.29, 1.82) is 0 Å². The van der Waals surface area contributed by atoms with Crippen LogP contribution >= 0.6 is 11.6 Å². The molecular weight excluding hydrogens is 356 g/mol. The predicted octanol–water partition coefficient (Wildman–Crippen LogP) is 2.33. The number of nitrogens with zero attached hydrogens (tertiary/aromatic N) is 6. The van der Waals surface area contributed by atoms with Crippen LogP contribution in [0.1, 0.15) is 35.4 Å². The van der Waals surface area contributed by atoms with E-state index in [2.05, 4.69) is 15.3 Å². The standard InChI is InChI=1S/C17H15ClN6O2/c1-9-21-22-17-12(7-14(25)26)20-15(10-3-5-11(18)6-4-10)16-13(24(9)17)8-19-23(16)2/h3-6,8,12H,7H2,1-2H3,(H,25,26). The van der Waals surface area contributed by atoms with E-state index in [0.717, 1.165) is 16.9 Å². The highest BCUT2D eigenvalue weighted by Crippen LogP contribution is 2.32. The number of aliphatic imine (C=N–C) groups is 1. The van der Waals surface area contributed by atoms with Gasteiger partial charge in [0.25, 0.3) is 0 Å². The SMILES string of the molecule is Cc1nnc2n1-c1cnn(C)c1C(c1ccc(Cl)cc1)=NC2CC(=O)O. The summed E-state index contributed by atoms with van der Waals surface area (Å²) in [6, 6.07) is 6.60. The van der Waals surface area contributed by atoms with Crippen molar-refractivity contribution >= 4 is 23.3 Å². The maximum absolute atomic E-state index is 11.4. The largest absolute Gasteiger partial charge is 0.481 e. The molecule has 26 heavy (non-hydrogen) atoms. The molecule has 0 bridgehead atoms. The van der Waals surface area contributed by atoms with Crippen LogP contribution in [-0.4, -0.2) is 41.3 Å². The van der Waals surface area contributed by atoms with E-state index in [0.29, 0.717) is 22.4 Å². The minimum Gasteiger partial charge on any atom is -0.481 e. The second-order valence-electron chi connectivity index (χ2n) is 6.04. The minimum atomic E-state index is -0.953. The monoisotopic (exact) mass is 370 g/mol. The number of halogens is 1. The van der Waals surface area contributed by atoms with Crippen LogP contribution in [0.3, 0.4) is 0 Å². The number of aliphatic carboxylic acids is 1. The predicted molar refractivity (Wildman–Crippen MR) is 94.9 cm³/mol. The van der Waals surface area contributed by atoms with Crippen LogP contribution in [0.4, 0.5) is 0 Å². The van der Waals surface area contributed by atoms with Gasteiger partial charge in [-0.15, -0.1) is 10.2 Å². The van der Waals surface area contributed by atoms with Crippen LogP contribution in [0.25, 0.3) is 5.69 Å². The summed E-state index contributed by atoms with van der Waals surface area (Å²) in [6.45, 7) is 1.82. The van der Waals surface area contributed by atoms with Gasteiger partial charge in [0.15, 0.2) is 5.82 Å². The Kier molecular flexibility index (Phi) is 3.84. The summed E-state index contributed by atoms with van der Waals surface area (Å²) < 4.78 is 3.54. The van der Waals surface area contributed by atoms with Gasteiger partial charge in [-0.05, 0) is 19.1 Å². The second-order valence-corrected chi connectivity index (χ2v) is 6.48. The average molecular weight is 371 g/mol. The zero-order valence-electron chi connectivity index (χ0n) is 14.1. The molecule has 1 N–H and O–H groups in total. The minimum absolute atomic E-state index is 0.184. The molecule has 1 aliphatic heterocycles. The molecule has 1 unspecified atom stereocenters. The van der Waals surface area contributed by atoms with E-state index >= 15 is 0 Å². The highest BCUT2D eigenvalue weighted by molar-refractivity contribution is 6.30. The first kappa shape index (κ1) is 16.5. The van der Waals surface area contributed by atoms with Gasteiger partial charge in [0, 0.05) is 17.6 Å². The van der Waals surface area contributed by atoms with Gasteiger partial charge in [0.2, 0.25) is 0 Å². The Hall–Kier alpha value is -3.00. The van der Waals surface area contributed by atoms with E-state index < -0.39 is 12.0 Å². The van der Waals surface area contributed by atoms with Gasteiger partial charge in [-0.2, -0.15) is 5.10 Å². The molecule has 0 fully saturated rings. The normalized spacial score (nSPS) is 15.8. The lowest BCUT2D eigenvalue weighted by Gasteiger charge is -2.10. The van der Waals surface area contributed by atoms with E-state index in [1.54, 1.807) is 23.0 Å². The summed E-state index contributed by atoms with van der Waals surface area (Å²) in [5.74, 6) is 0.186. The van der Waals surface area contributed by atoms with Crippen molar-refractivity contribution in [2.24, 2.45) is 12.0 Å². The molecule has 1 aromatic carbocycles. The van der Waals surface area contributed by atoms with E-state index in [-0.39, 0.29) is 6.42 Å². The van der Waals surface area contributed by atoms with E-state index in [1.165, 1.54) is 0 Å². The summed E-state index contributed by atoms with van der Waals surface area (Å²) in [4.78, 5) is 16.2. The summed E-state index contributed by atoms with van der Waals surface area (Å²) in [6.07, 6.45) is 1.53. The van der Waals surface area contributed by atoms with Gasteiger partial charge in [-0.25, -0.2) is 0 Å².